The van der Waals surface area contributed by atoms with Gasteiger partial charge in [0.15, 0.2) is 0 Å². The average Bonchev–Trinajstić information content (AvgIpc) is 2.69. The highest BCUT2D eigenvalue weighted by molar-refractivity contribution is 7.80. The van der Waals surface area contributed by atoms with E-state index in [1.807, 2.05) is 6.07 Å². The Hall–Kier alpha value is -2.33. The van der Waals surface area contributed by atoms with Gasteiger partial charge in [-0.05, 0) is 18.2 Å². The van der Waals surface area contributed by atoms with Gasteiger partial charge in [-0.3, -0.25) is 4.18 Å². The molecule has 0 saturated carbocycles. The Morgan fingerprint density at radius 2 is 1.74 bits per heavy atom. The molecule has 1 fully saturated rings. The summed E-state index contributed by atoms with van der Waals surface area (Å²) in [5.74, 6) is 0. The van der Waals surface area contributed by atoms with Crippen molar-refractivity contribution in [2.75, 3.05) is 38.3 Å². The third-order valence-electron chi connectivity index (χ3n) is 4.38. The molecule has 0 unspecified atom stereocenters. The first-order valence-corrected chi connectivity index (χ1v) is 9.75. The van der Waals surface area contributed by atoms with Crippen LogP contribution in [0, 0.1) is 0 Å². The maximum absolute atomic E-state index is 9.22. The Kier molecular flexibility index (Phi) is 5.85. The summed E-state index contributed by atoms with van der Waals surface area (Å²) in [5.41, 5.74) is 5.64. The van der Waals surface area contributed by atoms with E-state index in [4.69, 9.17) is 9.72 Å². The molecule has 1 saturated heterocycles. The number of nitrogens with zero attached hydrogens (tertiary/aromatic N) is 3. The molecule has 4 rings (SSSR count). The second kappa shape index (κ2) is 8.13. The Morgan fingerprint density at radius 3 is 2.41 bits per heavy atom. The van der Waals surface area contributed by atoms with Crippen molar-refractivity contribution in [2.24, 2.45) is 7.05 Å². The maximum atomic E-state index is 9.22. The number of hydrogen-bond acceptors (Lipinski definition) is 7. The van der Waals surface area contributed by atoms with Crippen LogP contribution in [0.4, 0.5) is 5.69 Å². The molecule has 0 N–H and O–H groups in total. The minimum absolute atomic E-state index is 0.806. The molecule has 1 aliphatic heterocycles. The molecule has 0 bridgehead atoms. The Balaban J connectivity index is 0.000000307. The Bertz CT molecular complexity index is 1050. The maximum Gasteiger partial charge on any atom is 0.233 e. The lowest BCUT2D eigenvalue weighted by atomic mass is 10.2. The lowest BCUT2D eigenvalue weighted by molar-refractivity contribution is -0.617. The summed E-state index contributed by atoms with van der Waals surface area (Å²) in [5, 5.41) is 0. The van der Waals surface area contributed by atoms with E-state index in [1.54, 1.807) is 0 Å². The highest BCUT2D eigenvalue weighted by atomic mass is 32.3. The normalized spacial score (nSPS) is 14.9. The summed E-state index contributed by atoms with van der Waals surface area (Å²) >= 11 is 0. The van der Waals surface area contributed by atoms with Gasteiger partial charge in [0.2, 0.25) is 21.4 Å². The molecule has 9 heteroatoms. The lowest BCUT2D eigenvalue weighted by Crippen LogP contribution is -2.36. The van der Waals surface area contributed by atoms with Gasteiger partial charge in [0.25, 0.3) is 0 Å². The molecule has 144 valence electrons. The number of morpholine rings is 1. The van der Waals surface area contributed by atoms with Crippen LogP contribution in [0.2, 0.25) is 0 Å². The number of ether oxygens (including phenoxy) is 1. The van der Waals surface area contributed by atoms with Crippen LogP contribution in [-0.4, -0.2) is 51.4 Å². The minimum atomic E-state index is -4.41. The van der Waals surface area contributed by atoms with Gasteiger partial charge in [-0.2, -0.15) is 4.57 Å². The highest BCUT2D eigenvalue weighted by Crippen LogP contribution is 2.21. The summed E-state index contributed by atoms with van der Waals surface area (Å²) < 4.78 is 38.7. The largest absolute Gasteiger partial charge is 0.726 e. The standard InChI is InChI=1S/C17H18N3O.CH4O4S/c1-19-16-5-3-2-4-14(16)18-15-7-6-13(12-17(15)19)20-8-10-21-11-9-20;1-5-6(2,3)4/h2-7,12H,8-11H2,1H3;1H3,(H,2,3,4)/q+1;/p-1. The molecule has 1 aliphatic rings. The molecule has 3 aromatic rings. The quantitative estimate of drug-likeness (QED) is 0.280. The number of hydrogen-bond donors (Lipinski definition) is 0. The number of benzene rings is 2. The Morgan fingerprint density at radius 1 is 1.11 bits per heavy atom. The zero-order valence-electron chi connectivity index (χ0n) is 15.2. The molecule has 2 aromatic carbocycles. The molecule has 0 atom stereocenters. The Labute approximate surface area is 157 Å². The van der Waals surface area contributed by atoms with E-state index in [-0.39, 0.29) is 0 Å². The predicted octanol–water partition coefficient (Wildman–Crippen LogP) is 1.14. The SMILES string of the molecule is COS(=O)(=O)[O-].C[n+]1c2ccccc2nc2ccc(N3CCOCC3)cc21. The molecule has 0 aliphatic carbocycles. The van der Waals surface area contributed by atoms with Crippen LogP contribution in [0.15, 0.2) is 42.5 Å². The van der Waals surface area contributed by atoms with E-state index in [1.165, 1.54) is 5.69 Å². The van der Waals surface area contributed by atoms with Gasteiger partial charge in [-0.15, -0.1) is 0 Å². The summed E-state index contributed by atoms with van der Waals surface area (Å²) in [7, 11) is -1.50. The van der Waals surface area contributed by atoms with Crippen molar-refractivity contribution in [1.29, 1.82) is 0 Å². The fraction of sp³-hybridized carbons (Fsp3) is 0.333. The molecule has 8 nitrogen and oxygen atoms in total. The van der Waals surface area contributed by atoms with Crippen LogP contribution in [0.1, 0.15) is 0 Å². The second-order valence-corrected chi connectivity index (χ2v) is 7.16. The van der Waals surface area contributed by atoms with Crippen molar-refractivity contribution in [2.45, 2.75) is 0 Å². The van der Waals surface area contributed by atoms with E-state index in [2.05, 4.69) is 57.1 Å². The van der Waals surface area contributed by atoms with Crippen LogP contribution in [0.5, 0.6) is 0 Å². The first-order valence-electron chi connectivity index (χ1n) is 8.42. The van der Waals surface area contributed by atoms with E-state index in [9.17, 15) is 13.0 Å². The van der Waals surface area contributed by atoms with Crippen LogP contribution < -0.4 is 9.47 Å². The van der Waals surface area contributed by atoms with Crippen molar-refractivity contribution in [1.82, 2.24) is 4.98 Å². The van der Waals surface area contributed by atoms with Crippen LogP contribution >= 0.6 is 0 Å². The minimum Gasteiger partial charge on any atom is -0.726 e. The number of para-hydroxylation sites is 2. The van der Waals surface area contributed by atoms with Gasteiger partial charge in [0, 0.05) is 30.9 Å². The number of fused-ring (bicyclic) bond motifs is 2. The van der Waals surface area contributed by atoms with Gasteiger partial charge in [0.05, 0.1) is 20.3 Å². The van der Waals surface area contributed by atoms with Crippen LogP contribution in [-0.2, 0) is 26.4 Å². The van der Waals surface area contributed by atoms with Crippen molar-refractivity contribution in [3.8, 4) is 0 Å². The van der Waals surface area contributed by atoms with E-state index < -0.39 is 10.4 Å². The summed E-state index contributed by atoms with van der Waals surface area (Å²) in [6.45, 7) is 3.52. The van der Waals surface area contributed by atoms with Crippen LogP contribution in [0.25, 0.3) is 22.1 Å². The molecule has 0 radical (unpaired) electrons. The van der Waals surface area contributed by atoms with E-state index in [0.717, 1.165) is 55.5 Å². The molecular weight excluding hydrogens is 370 g/mol. The topological polar surface area (TPSA) is 95.7 Å². The van der Waals surface area contributed by atoms with Gasteiger partial charge in [-0.1, -0.05) is 12.1 Å². The van der Waals surface area contributed by atoms with Crippen molar-refractivity contribution >= 4 is 38.2 Å². The van der Waals surface area contributed by atoms with E-state index >= 15 is 0 Å². The third kappa shape index (κ3) is 4.69. The fourth-order valence-electron chi connectivity index (χ4n) is 3.00. The van der Waals surface area contributed by atoms with Crippen molar-refractivity contribution in [3.63, 3.8) is 0 Å². The van der Waals surface area contributed by atoms with Crippen molar-refractivity contribution in [3.05, 3.63) is 42.5 Å². The predicted molar refractivity (Wildman–Crippen MR) is 100 cm³/mol. The molecule has 0 spiro atoms. The molecule has 1 aromatic heterocycles. The summed E-state index contributed by atoms with van der Waals surface area (Å²) in [6.07, 6.45) is 0. The van der Waals surface area contributed by atoms with Crippen LogP contribution in [0.3, 0.4) is 0 Å². The van der Waals surface area contributed by atoms with Gasteiger partial charge < -0.3 is 14.2 Å². The zero-order chi connectivity index (χ0) is 19.4. The lowest BCUT2D eigenvalue weighted by Gasteiger charge is -2.28. The molecule has 2 heterocycles. The van der Waals surface area contributed by atoms with Crippen molar-refractivity contribution < 1.29 is 26.5 Å². The number of anilines is 1. The fourth-order valence-corrected chi connectivity index (χ4v) is 3.00. The van der Waals surface area contributed by atoms with Gasteiger partial charge >= 0.3 is 0 Å². The summed E-state index contributed by atoms with van der Waals surface area (Å²) in [4.78, 5) is 7.13. The molecule has 0 amide bonds. The summed E-state index contributed by atoms with van der Waals surface area (Å²) in [6, 6.07) is 14.8. The first kappa shape index (κ1) is 19.4. The number of aromatic nitrogens is 2. The molecular formula is C18H21N3O5S. The van der Waals surface area contributed by atoms with Gasteiger partial charge in [0.1, 0.15) is 18.1 Å². The highest BCUT2D eigenvalue weighted by Gasteiger charge is 2.16. The molecule has 27 heavy (non-hydrogen) atoms. The van der Waals surface area contributed by atoms with E-state index in [0.29, 0.717) is 0 Å². The number of rotatable bonds is 2. The monoisotopic (exact) mass is 391 g/mol. The average molecular weight is 391 g/mol. The van der Waals surface area contributed by atoms with Gasteiger partial charge in [-0.25, -0.2) is 13.4 Å². The first-order chi connectivity index (χ1) is 12.9. The zero-order valence-corrected chi connectivity index (χ0v) is 16.0. The number of aryl methyl sites for hydroxylation is 1. The second-order valence-electron chi connectivity index (χ2n) is 6.01. The smallest absolute Gasteiger partial charge is 0.233 e. The third-order valence-corrected chi connectivity index (χ3v) is 4.79.